The second kappa shape index (κ2) is 9.67. The lowest BCUT2D eigenvalue weighted by Gasteiger charge is -2.30. The Bertz CT molecular complexity index is 1350. The molecule has 1 aliphatic heterocycles. The van der Waals surface area contributed by atoms with E-state index >= 15 is 0 Å². The third kappa shape index (κ3) is 5.63. The Morgan fingerprint density at radius 1 is 1.03 bits per heavy atom. The zero-order valence-corrected chi connectivity index (χ0v) is 19.5. The number of carbonyl (C=O) groups excluding carboxylic acids is 1. The Kier molecular flexibility index (Phi) is 6.82. The van der Waals surface area contributed by atoms with Gasteiger partial charge in [0.1, 0.15) is 0 Å². The van der Waals surface area contributed by atoms with Gasteiger partial charge in [0.25, 0.3) is 10.0 Å². The summed E-state index contributed by atoms with van der Waals surface area (Å²) in [5.74, 6) is -0.158. The third-order valence-electron chi connectivity index (χ3n) is 5.33. The van der Waals surface area contributed by atoms with Gasteiger partial charge in [-0.2, -0.15) is 26.7 Å². The van der Waals surface area contributed by atoms with E-state index in [0.29, 0.717) is 41.0 Å². The second-order valence-corrected chi connectivity index (χ2v) is 9.73. The molecule has 0 aliphatic carbocycles. The molecule has 1 unspecified atom stereocenters. The van der Waals surface area contributed by atoms with Gasteiger partial charge in [-0.05, 0) is 41.8 Å². The van der Waals surface area contributed by atoms with Crippen molar-refractivity contribution in [1.29, 1.82) is 0 Å². The largest absolute Gasteiger partial charge is 0.417 e. The summed E-state index contributed by atoms with van der Waals surface area (Å²) in [4.78, 5) is 16.1. The number of halogens is 4. The molecule has 35 heavy (non-hydrogen) atoms. The Hall–Kier alpha value is -3.44. The minimum Gasteiger partial charge on any atom is -0.246 e. The molecule has 1 atom stereocenters. The first-order valence-corrected chi connectivity index (χ1v) is 12.2. The van der Waals surface area contributed by atoms with E-state index in [2.05, 4.69) is 10.1 Å². The van der Waals surface area contributed by atoms with Crippen LogP contribution in [0.15, 0.2) is 83.1 Å². The van der Waals surface area contributed by atoms with Gasteiger partial charge >= 0.3 is 12.2 Å². The van der Waals surface area contributed by atoms with Crippen LogP contribution in [-0.4, -0.2) is 36.7 Å². The fourth-order valence-corrected chi connectivity index (χ4v) is 4.61. The molecule has 0 saturated carbocycles. The highest BCUT2D eigenvalue weighted by Gasteiger charge is 2.33. The Balaban J connectivity index is 1.60. The molecule has 0 fully saturated rings. The Morgan fingerprint density at radius 2 is 1.71 bits per heavy atom. The van der Waals surface area contributed by atoms with Gasteiger partial charge in [0, 0.05) is 23.7 Å². The fraction of sp³-hybridized carbons (Fsp3) is 0.174. The minimum atomic E-state index is -4.67. The predicted octanol–water partition coefficient (Wildman–Crippen LogP) is 5.05. The summed E-state index contributed by atoms with van der Waals surface area (Å²) >= 11 is 6.00. The average Bonchev–Trinajstić information content (AvgIpc) is 2.84. The lowest BCUT2D eigenvalue weighted by Crippen LogP contribution is -2.44. The first-order valence-electron chi connectivity index (χ1n) is 10.3. The molecule has 0 spiro atoms. The molecule has 12 heteroatoms. The van der Waals surface area contributed by atoms with E-state index in [4.69, 9.17) is 11.6 Å². The number of hydrogen-bond acceptors (Lipinski definition) is 5. The number of carbonyl (C=O) groups is 1. The molecule has 2 heterocycles. The Morgan fingerprint density at radius 3 is 2.31 bits per heavy atom. The van der Waals surface area contributed by atoms with Crippen molar-refractivity contribution in [3.63, 3.8) is 0 Å². The van der Waals surface area contributed by atoms with Crippen molar-refractivity contribution in [2.45, 2.75) is 23.5 Å². The molecule has 2 amide bonds. The summed E-state index contributed by atoms with van der Waals surface area (Å²) in [6.07, 6.45) is -3.83. The van der Waals surface area contributed by atoms with Crippen molar-refractivity contribution in [3.05, 3.63) is 94.6 Å². The van der Waals surface area contributed by atoms with Gasteiger partial charge in [-0.1, -0.05) is 54.1 Å². The molecule has 0 bridgehead atoms. The molecule has 0 radical (unpaired) electrons. The molecule has 1 aliphatic rings. The van der Waals surface area contributed by atoms with Crippen LogP contribution in [-0.2, 0) is 16.2 Å². The molecule has 2 aromatic carbocycles. The summed E-state index contributed by atoms with van der Waals surface area (Å²) in [5.41, 5.74) is 1.11. The van der Waals surface area contributed by atoms with Crippen LogP contribution < -0.4 is 4.72 Å². The summed E-state index contributed by atoms with van der Waals surface area (Å²) < 4.78 is 65.1. The topological polar surface area (TPSA) is 91.7 Å². The summed E-state index contributed by atoms with van der Waals surface area (Å²) in [5, 5.41) is 5.20. The molecular weight excluding hydrogens is 505 g/mol. The lowest BCUT2D eigenvalue weighted by molar-refractivity contribution is -0.137. The van der Waals surface area contributed by atoms with Gasteiger partial charge in [-0.15, -0.1) is 0 Å². The summed E-state index contributed by atoms with van der Waals surface area (Å²) in [6.45, 7) is 0.110. The predicted molar refractivity (Wildman–Crippen MR) is 123 cm³/mol. The van der Waals surface area contributed by atoms with Crippen LogP contribution in [0.3, 0.4) is 0 Å². The van der Waals surface area contributed by atoms with Crippen LogP contribution in [0.4, 0.5) is 18.0 Å². The highest BCUT2D eigenvalue weighted by Crippen LogP contribution is 2.31. The lowest BCUT2D eigenvalue weighted by atomic mass is 9.86. The molecule has 1 N–H and O–H groups in total. The highest BCUT2D eigenvalue weighted by molar-refractivity contribution is 7.90. The van der Waals surface area contributed by atoms with Crippen LogP contribution in [0.1, 0.15) is 29.0 Å². The minimum absolute atomic E-state index is 0.110. The molecule has 3 aromatic rings. The maximum atomic E-state index is 12.8. The average molecular weight is 523 g/mol. The maximum Gasteiger partial charge on any atom is 0.417 e. The van der Waals surface area contributed by atoms with Crippen molar-refractivity contribution in [1.82, 2.24) is 14.7 Å². The van der Waals surface area contributed by atoms with E-state index in [1.54, 1.807) is 24.3 Å². The summed E-state index contributed by atoms with van der Waals surface area (Å²) in [7, 11) is -4.53. The number of aromatic nitrogens is 1. The van der Waals surface area contributed by atoms with Gasteiger partial charge in [-0.3, -0.25) is 0 Å². The van der Waals surface area contributed by atoms with E-state index in [1.165, 1.54) is 0 Å². The van der Waals surface area contributed by atoms with Gasteiger partial charge in [-0.25, -0.2) is 19.5 Å². The quantitative estimate of drug-likeness (QED) is 0.519. The van der Waals surface area contributed by atoms with Crippen molar-refractivity contribution < 1.29 is 26.4 Å². The van der Waals surface area contributed by atoms with E-state index in [1.807, 2.05) is 35.1 Å². The monoisotopic (exact) mass is 522 g/mol. The number of rotatable bonds is 4. The number of nitrogens with zero attached hydrogens (tertiary/aromatic N) is 3. The normalized spacial score (nSPS) is 16.5. The summed E-state index contributed by atoms with van der Waals surface area (Å²) in [6, 6.07) is 16.6. The molecule has 1 aromatic heterocycles. The Labute approximate surface area is 204 Å². The number of hydrazone groups is 1. The maximum absolute atomic E-state index is 12.8. The zero-order chi connectivity index (χ0) is 25.2. The molecule has 4 rings (SSSR count). The van der Waals surface area contributed by atoms with Crippen molar-refractivity contribution >= 4 is 33.4 Å². The van der Waals surface area contributed by atoms with Gasteiger partial charge in [0.2, 0.25) is 0 Å². The molecule has 0 saturated heterocycles. The van der Waals surface area contributed by atoms with Crippen LogP contribution in [0, 0.1) is 0 Å². The first-order chi connectivity index (χ1) is 16.5. The fourth-order valence-electron chi connectivity index (χ4n) is 3.60. The van der Waals surface area contributed by atoms with Crippen LogP contribution >= 0.6 is 11.6 Å². The van der Waals surface area contributed by atoms with Crippen LogP contribution in [0.25, 0.3) is 0 Å². The molecular formula is C23H18ClF3N4O3S. The van der Waals surface area contributed by atoms with E-state index in [-0.39, 0.29) is 12.5 Å². The van der Waals surface area contributed by atoms with Crippen molar-refractivity contribution in [2.75, 3.05) is 6.54 Å². The number of urea groups is 1. The smallest absolute Gasteiger partial charge is 0.246 e. The van der Waals surface area contributed by atoms with Gasteiger partial charge < -0.3 is 0 Å². The zero-order valence-electron chi connectivity index (χ0n) is 17.9. The van der Waals surface area contributed by atoms with Crippen LogP contribution in [0.5, 0.6) is 0 Å². The van der Waals surface area contributed by atoms with Gasteiger partial charge in [0.15, 0.2) is 5.03 Å². The standard InChI is InChI=1S/C23H18ClF3N4O3S/c24-18-9-6-16(7-10-18)21-19(15-4-2-1-3-5-15)12-13-31(29-21)22(32)30-35(33,34)20-11-8-17(14-28-20)23(25,26)27/h1-11,14,19H,12-13H2,(H,30,32). The first kappa shape index (κ1) is 24.7. The van der Waals surface area contributed by atoms with Crippen LogP contribution in [0.2, 0.25) is 5.02 Å². The number of sulfonamides is 1. The van der Waals surface area contributed by atoms with E-state index in [0.717, 1.165) is 10.6 Å². The second-order valence-electron chi connectivity index (χ2n) is 7.66. The number of hydrogen-bond donors (Lipinski definition) is 1. The van der Waals surface area contributed by atoms with E-state index < -0.39 is 32.8 Å². The molecule has 182 valence electrons. The number of nitrogens with one attached hydrogen (secondary N) is 1. The number of alkyl halides is 3. The number of amides is 2. The molecule has 7 nitrogen and oxygen atoms in total. The van der Waals surface area contributed by atoms with Gasteiger partial charge in [0.05, 0.1) is 11.3 Å². The number of benzene rings is 2. The SMILES string of the molecule is O=C(NS(=O)(=O)c1ccc(C(F)(F)F)cn1)N1CCC(c2ccccc2)C(c2ccc(Cl)cc2)=N1. The highest BCUT2D eigenvalue weighted by atomic mass is 35.5. The number of pyridine rings is 1. The third-order valence-corrected chi connectivity index (χ3v) is 6.81. The van der Waals surface area contributed by atoms with Crippen molar-refractivity contribution in [3.8, 4) is 0 Å². The van der Waals surface area contributed by atoms with E-state index in [9.17, 15) is 26.4 Å². The van der Waals surface area contributed by atoms with Crippen molar-refractivity contribution in [2.24, 2.45) is 5.10 Å².